The number of aromatic nitrogens is 2. The van der Waals surface area contributed by atoms with E-state index in [2.05, 4.69) is 20.6 Å². The molecule has 26 heavy (non-hydrogen) atoms. The molecule has 2 N–H and O–H groups in total. The first kappa shape index (κ1) is 17.8. The van der Waals surface area contributed by atoms with E-state index >= 15 is 0 Å². The highest BCUT2D eigenvalue weighted by atomic mass is 35.5. The van der Waals surface area contributed by atoms with E-state index in [1.165, 1.54) is 0 Å². The van der Waals surface area contributed by atoms with Gasteiger partial charge in [0.25, 0.3) is 0 Å². The van der Waals surface area contributed by atoms with Crippen molar-refractivity contribution in [3.63, 3.8) is 0 Å². The van der Waals surface area contributed by atoms with E-state index in [9.17, 15) is 0 Å². The molecule has 3 aromatic rings. The molecule has 2 aromatic carbocycles. The van der Waals surface area contributed by atoms with Gasteiger partial charge in [-0.15, -0.1) is 0 Å². The fourth-order valence-electron chi connectivity index (χ4n) is 2.36. The van der Waals surface area contributed by atoms with Gasteiger partial charge in [0.2, 0.25) is 5.95 Å². The summed E-state index contributed by atoms with van der Waals surface area (Å²) in [6.45, 7) is 0.595. The molecule has 0 radical (unpaired) electrons. The van der Waals surface area contributed by atoms with Gasteiger partial charge < -0.3 is 20.1 Å². The average Bonchev–Trinajstić information content (AvgIpc) is 2.68. The molecule has 0 aliphatic heterocycles. The predicted molar refractivity (Wildman–Crippen MR) is 104 cm³/mol. The standard InChI is InChI=1S/C19H19ClN4O2/c1-25-16-8-3-13(11-17(16)26-2)12-22-18-9-10-21-19(24-18)23-15-6-4-14(20)5-7-15/h3-11H,12H2,1-2H3,(H2,21,22,23,24). The van der Waals surface area contributed by atoms with Crippen LogP contribution in [0.25, 0.3) is 0 Å². The van der Waals surface area contributed by atoms with Crippen molar-refractivity contribution in [2.24, 2.45) is 0 Å². The van der Waals surface area contributed by atoms with Gasteiger partial charge in [-0.05, 0) is 48.0 Å². The predicted octanol–water partition coefficient (Wildman–Crippen LogP) is 4.50. The lowest BCUT2D eigenvalue weighted by atomic mass is 10.2. The second-order valence-corrected chi connectivity index (χ2v) is 5.88. The topological polar surface area (TPSA) is 68.3 Å². The minimum Gasteiger partial charge on any atom is -0.493 e. The van der Waals surface area contributed by atoms with Gasteiger partial charge >= 0.3 is 0 Å². The molecule has 1 heterocycles. The minimum atomic E-state index is 0.504. The number of rotatable bonds is 7. The molecule has 0 aliphatic rings. The summed E-state index contributed by atoms with van der Waals surface area (Å²) in [7, 11) is 3.24. The van der Waals surface area contributed by atoms with Crippen molar-refractivity contribution < 1.29 is 9.47 Å². The van der Waals surface area contributed by atoms with Gasteiger partial charge in [-0.1, -0.05) is 17.7 Å². The first-order chi connectivity index (χ1) is 12.7. The smallest absolute Gasteiger partial charge is 0.229 e. The third kappa shape index (κ3) is 4.55. The van der Waals surface area contributed by atoms with E-state index in [1.807, 2.05) is 48.5 Å². The van der Waals surface area contributed by atoms with Crippen LogP contribution < -0.4 is 20.1 Å². The molecular formula is C19H19ClN4O2. The largest absolute Gasteiger partial charge is 0.493 e. The molecule has 0 fully saturated rings. The highest BCUT2D eigenvalue weighted by Gasteiger charge is 2.05. The molecule has 0 saturated carbocycles. The number of hydrogen-bond donors (Lipinski definition) is 2. The first-order valence-corrected chi connectivity index (χ1v) is 8.36. The summed E-state index contributed by atoms with van der Waals surface area (Å²) in [5, 5.41) is 7.10. The van der Waals surface area contributed by atoms with Crippen LogP contribution in [0.1, 0.15) is 5.56 Å². The van der Waals surface area contributed by atoms with Gasteiger partial charge in [-0.25, -0.2) is 4.98 Å². The molecule has 1 aromatic heterocycles. The molecule has 7 heteroatoms. The number of nitrogens with zero attached hydrogens (tertiary/aromatic N) is 2. The molecule has 0 aliphatic carbocycles. The van der Waals surface area contributed by atoms with E-state index in [-0.39, 0.29) is 0 Å². The van der Waals surface area contributed by atoms with Crippen LogP contribution in [-0.4, -0.2) is 24.2 Å². The zero-order chi connectivity index (χ0) is 18.4. The Morgan fingerprint density at radius 3 is 2.46 bits per heavy atom. The van der Waals surface area contributed by atoms with Crippen LogP contribution in [0.3, 0.4) is 0 Å². The molecule has 0 unspecified atom stereocenters. The van der Waals surface area contributed by atoms with Crippen molar-refractivity contribution >= 4 is 29.1 Å². The van der Waals surface area contributed by atoms with E-state index in [0.717, 1.165) is 11.3 Å². The molecular weight excluding hydrogens is 352 g/mol. The second kappa shape index (κ2) is 8.40. The summed E-state index contributed by atoms with van der Waals surface area (Å²) < 4.78 is 10.6. The fraction of sp³-hybridized carbons (Fsp3) is 0.158. The van der Waals surface area contributed by atoms with Crippen molar-refractivity contribution in [1.82, 2.24) is 9.97 Å². The minimum absolute atomic E-state index is 0.504. The summed E-state index contributed by atoms with van der Waals surface area (Å²) in [6.07, 6.45) is 1.70. The Hall–Kier alpha value is -2.99. The highest BCUT2D eigenvalue weighted by Crippen LogP contribution is 2.27. The number of halogens is 1. The lowest BCUT2D eigenvalue weighted by Gasteiger charge is -2.11. The third-order valence-electron chi connectivity index (χ3n) is 3.68. The maximum absolute atomic E-state index is 5.89. The van der Waals surface area contributed by atoms with E-state index in [1.54, 1.807) is 20.4 Å². The molecule has 0 spiro atoms. The summed E-state index contributed by atoms with van der Waals surface area (Å²) in [6, 6.07) is 15.0. The molecule has 3 rings (SSSR count). The SMILES string of the molecule is COc1ccc(CNc2ccnc(Nc3ccc(Cl)cc3)n2)cc1OC. The van der Waals surface area contributed by atoms with Crippen LogP contribution in [0, 0.1) is 0 Å². The van der Waals surface area contributed by atoms with Crippen LogP contribution in [0.2, 0.25) is 5.02 Å². The normalized spacial score (nSPS) is 10.3. The zero-order valence-electron chi connectivity index (χ0n) is 14.5. The Morgan fingerprint density at radius 1 is 0.962 bits per heavy atom. The van der Waals surface area contributed by atoms with Gasteiger partial charge in [0, 0.05) is 23.5 Å². The second-order valence-electron chi connectivity index (χ2n) is 5.44. The van der Waals surface area contributed by atoms with E-state index in [0.29, 0.717) is 34.8 Å². The number of hydrogen-bond acceptors (Lipinski definition) is 6. The summed E-state index contributed by atoms with van der Waals surface area (Å²) in [5.41, 5.74) is 1.92. The summed E-state index contributed by atoms with van der Waals surface area (Å²) in [4.78, 5) is 8.69. The van der Waals surface area contributed by atoms with Crippen molar-refractivity contribution in [1.29, 1.82) is 0 Å². The van der Waals surface area contributed by atoms with Gasteiger partial charge in [0.1, 0.15) is 5.82 Å². The fourth-order valence-corrected chi connectivity index (χ4v) is 2.49. The van der Waals surface area contributed by atoms with Gasteiger partial charge in [0.05, 0.1) is 14.2 Å². The van der Waals surface area contributed by atoms with Gasteiger partial charge in [-0.2, -0.15) is 4.98 Å². The third-order valence-corrected chi connectivity index (χ3v) is 3.93. The van der Waals surface area contributed by atoms with Crippen LogP contribution in [-0.2, 0) is 6.54 Å². The molecule has 134 valence electrons. The van der Waals surface area contributed by atoms with Crippen LogP contribution >= 0.6 is 11.6 Å². The number of methoxy groups -OCH3 is 2. The molecule has 0 amide bonds. The number of benzene rings is 2. The summed E-state index contributed by atoms with van der Waals surface area (Å²) >= 11 is 5.89. The summed E-state index contributed by atoms with van der Waals surface area (Å²) in [5.74, 6) is 2.61. The first-order valence-electron chi connectivity index (χ1n) is 7.98. The number of anilines is 3. The maximum Gasteiger partial charge on any atom is 0.229 e. The monoisotopic (exact) mass is 370 g/mol. The zero-order valence-corrected chi connectivity index (χ0v) is 15.2. The van der Waals surface area contributed by atoms with Crippen LogP contribution in [0.5, 0.6) is 11.5 Å². The molecule has 0 bridgehead atoms. The molecule has 0 atom stereocenters. The highest BCUT2D eigenvalue weighted by molar-refractivity contribution is 6.30. The van der Waals surface area contributed by atoms with Crippen molar-refractivity contribution in [2.75, 3.05) is 24.9 Å². The lowest BCUT2D eigenvalue weighted by Crippen LogP contribution is -2.04. The Bertz CT molecular complexity index is 872. The van der Waals surface area contributed by atoms with E-state index < -0.39 is 0 Å². The Morgan fingerprint density at radius 2 is 1.73 bits per heavy atom. The van der Waals surface area contributed by atoms with Crippen LogP contribution in [0.15, 0.2) is 54.7 Å². The van der Waals surface area contributed by atoms with Crippen LogP contribution in [0.4, 0.5) is 17.5 Å². The van der Waals surface area contributed by atoms with E-state index in [4.69, 9.17) is 21.1 Å². The number of nitrogens with one attached hydrogen (secondary N) is 2. The average molecular weight is 371 g/mol. The Kier molecular flexibility index (Phi) is 5.76. The number of ether oxygens (including phenoxy) is 2. The Labute approximate surface area is 157 Å². The Balaban J connectivity index is 1.66. The van der Waals surface area contributed by atoms with Crippen molar-refractivity contribution in [3.05, 3.63) is 65.3 Å². The van der Waals surface area contributed by atoms with Crippen molar-refractivity contribution in [3.8, 4) is 11.5 Å². The quantitative estimate of drug-likeness (QED) is 0.638. The maximum atomic E-state index is 5.89. The molecule has 0 saturated heterocycles. The van der Waals surface area contributed by atoms with Crippen molar-refractivity contribution in [2.45, 2.75) is 6.54 Å². The van der Waals surface area contributed by atoms with Gasteiger partial charge in [0.15, 0.2) is 11.5 Å². The molecule has 6 nitrogen and oxygen atoms in total. The van der Waals surface area contributed by atoms with Gasteiger partial charge in [-0.3, -0.25) is 0 Å². The lowest BCUT2D eigenvalue weighted by molar-refractivity contribution is 0.354.